The van der Waals surface area contributed by atoms with Gasteiger partial charge in [-0.3, -0.25) is 4.99 Å². The molecule has 3 rings (SSSR count). The molecule has 0 unspecified atom stereocenters. The molecule has 0 saturated heterocycles. The second-order valence-electron chi connectivity index (χ2n) is 5.33. The number of benzene rings is 1. The summed E-state index contributed by atoms with van der Waals surface area (Å²) in [6, 6.07) is 10.4. The highest BCUT2D eigenvalue weighted by molar-refractivity contribution is 7.07. The summed E-state index contributed by atoms with van der Waals surface area (Å²) in [5.41, 5.74) is 3.57. The number of hydrogen-bond acceptors (Lipinski definition) is 4. The Morgan fingerprint density at radius 1 is 1.18 bits per heavy atom. The molecule has 1 aromatic carbocycles. The van der Waals surface area contributed by atoms with Gasteiger partial charge < -0.3 is 4.74 Å². The van der Waals surface area contributed by atoms with Gasteiger partial charge in [-0.25, -0.2) is 4.68 Å². The summed E-state index contributed by atoms with van der Waals surface area (Å²) in [7, 11) is 1.70. The molecular weight excluding hydrogens is 294 g/mol. The van der Waals surface area contributed by atoms with Crippen LogP contribution in [0.1, 0.15) is 25.7 Å². The number of ether oxygens (including phenoxy) is 1. The minimum absolute atomic E-state index is 0.634. The maximum Gasteiger partial charge on any atom is 0.206 e. The minimum Gasteiger partial charge on any atom is -0.383 e. The van der Waals surface area contributed by atoms with Crippen LogP contribution in [0.2, 0.25) is 0 Å². The van der Waals surface area contributed by atoms with Gasteiger partial charge >= 0.3 is 0 Å². The highest BCUT2D eigenvalue weighted by atomic mass is 32.1. The van der Waals surface area contributed by atoms with E-state index in [0.717, 1.165) is 23.3 Å². The van der Waals surface area contributed by atoms with Crippen molar-refractivity contribution in [1.82, 2.24) is 4.68 Å². The fourth-order valence-corrected chi connectivity index (χ4v) is 3.43. The van der Waals surface area contributed by atoms with Crippen molar-refractivity contribution in [2.24, 2.45) is 10.1 Å². The Balaban J connectivity index is 2.03. The van der Waals surface area contributed by atoms with E-state index in [2.05, 4.69) is 34.6 Å². The van der Waals surface area contributed by atoms with Crippen LogP contribution in [-0.4, -0.2) is 30.6 Å². The summed E-state index contributed by atoms with van der Waals surface area (Å²) in [6.45, 7) is 1.30. The number of nitrogens with zero attached hydrogens (tertiary/aromatic N) is 3. The molecular formula is C17H21N3OS. The molecule has 0 N–H and O–H groups in total. The fourth-order valence-electron chi connectivity index (χ4n) is 2.57. The number of hydrogen-bond donors (Lipinski definition) is 0. The lowest BCUT2D eigenvalue weighted by molar-refractivity contribution is 0.207. The average molecular weight is 315 g/mol. The molecule has 116 valence electrons. The fraction of sp³-hybridized carbons (Fsp3) is 0.412. The van der Waals surface area contributed by atoms with Gasteiger partial charge in [0.25, 0.3) is 0 Å². The van der Waals surface area contributed by atoms with E-state index in [9.17, 15) is 0 Å². The summed E-state index contributed by atoms with van der Waals surface area (Å²) in [4.78, 5) is 5.57. The Kier molecular flexibility index (Phi) is 5.19. The van der Waals surface area contributed by atoms with Crippen molar-refractivity contribution >= 4 is 17.0 Å². The first-order chi connectivity index (χ1) is 10.9. The van der Waals surface area contributed by atoms with Gasteiger partial charge in [0.1, 0.15) is 0 Å². The smallest absolute Gasteiger partial charge is 0.206 e. The van der Waals surface area contributed by atoms with E-state index in [-0.39, 0.29) is 0 Å². The van der Waals surface area contributed by atoms with Crippen LogP contribution in [0.3, 0.4) is 0 Å². The third-order valence-corrected chi connectivity index (χ3v) is 4.57. The van der Waals surface area contributed by atoms with Crippen molar-refractivity contribution in [1.29, 1.82) is 0 Å². The van der Waals surface area contributed by atoms with Crippen LogP contribution in [0, 0.1) is 0 Å². The zero-order chi connectivity index (χ0) is 15.2. The average Bonchev–Trinajstić information content (AvgIpc) is 3.20. The summed E-state index contributed by atoms with van der Waals surface area (Å²) >= 11 is 1.64. The van der Waals surface area contributed by atoms with Crippen molar-refractivity contribution in [2.75, 3.05) is 20.3 Å². The Morgan fingerprint density at radius 2 is 1.95 bits per heavy atom. The molecule has 1 fully saturated rings. The van der Waals surface area contributed by atoms with E-state index in [4.69, 9.17) is 9.84 Å². The van der Waals surface area contributed by atoms with Gasteiger partial charge in [0.05, 0.1) is 18.8 Å². The summed E-state index contributed by atoms with van der Waals surface area (Å²) in [5, 5.41) is 7.02. The Bertz CT molecular complexity index is 692. The zero-order valence-electron chi connectivity index (χ0n) is 12.9. The Hall–Kier alpha value is -1.72. The number of methoxy groups -OCH3 is 1. The van der Waals surface area contributed by atoms with Gasteiger partial charge in [0.15, 0.2) is 0 Å². The lowest BCUT2D eigenvalue weighted by Gasteiger charge is -2.05. The third kappa shape index (κ3) is 3.54. The van der Waals surface area contributed by atoms with Gasteiger partial charge in [-0.05, 0) is 25.7 Å². The van der Waals surface area contributed by atoms with Crippen molar-refractivity contribution in [2.45, 2.75) is 25.7 Å². The van der Waals surface area contributed by atoms with Crippen LogP contribution in [0.15, 0.2) is 45.8 Å². The number of rotatable bonds is 5. The van der Waals surface area contributed by atoms with Gasteiger partial charge in [0, 0.05) is 23.8 Å². The van der Waals surface area contributed by atoms with Crippen LogP contribution in [0.5, 0.6) is 0 Å². The molecule has 2 aromatic rings. The van der Waals surface area contributed by atoms with Gasteiger partial charge in [-0.2, -0.15) is 5.10 Å². The third-order valence-electron chi connectivity index (χ3n) is 3.72. The molecule has 1 saturated carbocycles. The quantitative estimate of drug-likeness (QED) is 0.778. The first-order valence-electron chi connectivity index (χ1n) is 7.70. The molecule has 0 radical (unpaired) electrons. The molecule has 0 spiro atoms. The van der Waals surface area contributed by atoms with Crippen LogP contribution in [0.25, 0.3) is 11.3 Å². The molecule has 0 amide bonds. The first kappa shape index (κ1) is 15.2. The maximum atomic E-state index is 5.09. The summed E-state index contributed by atoms with van der Waals surface area (Å²) in [6.07, 6.45) is 4.71. The molecule has 1 aliphatic carbocycles. The van der Waals surface area contributed by atoms with Crippen molar-refractivity contribution in [3.05, 3.63) is 40.5 Å². The lowest BCUT2D eigenvalue weighted by Crippen LogP contribution is -2.15. The predicted molar refractivity (Wildman–Crippen MR) is 91.4 cm³/mol. The van der Waals surface area contributed by atoms with Crippen molar-refractivity contribution < 1.29 is 4.74 Å². The molecule has 0 aliphatic heterocycles. The van der Waals surface area contributed by atoms with E-state index in [0.29, 0.717) is 13.2 Å². The number of thiazole rings is 1. The highest BCUT2D eigenvalue weighted by Gasteiger charge is 2.12. The molecule has 22 heavy (non-hydrogen) atoms. The molecule has 5 heteroatoms. The maximum absolute atomic E-state index is 5.09. The second-order valence-corrected chi connectivity index (χ2v) is 6.17. The number of aromatic nitrogens is 1. The highest BCUT2D eigenvalue weighted by Crippen LogP contribution is 2.21. The predicted octanol–water partition coefficient (Wildman–Crippen LogP) is 3.54. The van der Waals surface area contributed by atoms with E-state index in [1.807, 2.05) is 10.7 Å². The Labute approximate surface area is 134 Å². The first-order valence-corrected chi connectivity index (χ1v) is 8.58. The molecule has 4 nitrogen and oxygen atoms in total. The summed E-state index contributed by atoms with van der Waals surface area (Å²) < 4.78 is 7.10. The van der Waals surface area contributed by atoms with Crippen molar-refractivity contribution in [3.63, 3.8) is 0 Å². The largest absolute Gasteiger partial charge is 0.383 e. The molecule has 1 aliphatic rings. The topological polar surface area (TPSA) is 38.9 Å². The molecule has 1 aromatic heterocycles. The molecule has 0 bridgehead atoms. The summed E-state index contributed by atoms with van der Waals surface area (Å²) in [5.74, 6) is 0. The van der Waals surface area contributed by atoms with E-state index in [1.165, 1.54) is 24.1 Å². The molecule has 1 heterocycles. The van der Waals surface area contributed by atoms with E-state index < -0.39 is 0 Å². The Morgan fingerprint density at radius 3 is 2.68 bits per heavy atom. The second kappa shape index (κ2) is 7.51. The zero-order valence-corrected chi connectivity index (χ0v) is 13.7. The molecule has 0 atom stereocenters. The van der Waals surface area contributed by atoms with E-state index >= 15 is 0 Å². The van der Waals surface area contributed by atoms with E-state index in [1.54, 1.807) is 18.4 Å². The normalized spacial score (nSPS) is 15.5. The van der Waals surface area contributed by atoms with Crippen LogP contribution >= 0.6 is 11.3 Å². The van der Waals surface area contributed by atoms with Crippen LogP contribution in [0.4, 0.5) is 0 Å². The van der Waals surface area contributed by atoms with Gasteiger partial charge in [-0.15, -0.1) is 11.3 Å². The monoisotopic (exact) mass is 315 g/mol. The van der Waals surface area contributed by atoms with Gasteiger partial charge in [0.2, 0.25) is 4.80 Å². The van der Waals surface area contributed by atoms with Crippen molar-refractivity contribution in [3.8, 4) is 11.3 Å². The SMILES string of the molecule is COCCN=c1scc(-c2ccccc2)n1N=C1CCCC1. The minimum atomic E-state index is 0.634. The van der Waals surface area contributed by atoms with Gasteiger partial charge in [-0.1, -0.05) is 30.3 Å². The van der Waals surface area contributed by atoms with Crippen LogP contribution in [-0.2, 0) is 4.74 Å². The van der Waals surface area contributed by atoms with Crippen LogP contribution < -0.4 is 4.80 Å². The standard InChI is InChI=1S/C17H21N3OS/c1-21-12-11-18-17-20(19-15-9-5-6-10-15)16(13-22-17)14-7-3-2-4-8-14/h2-4,7-8,13H,5-6,9-12H2,1H3. The lowest BCUT2D eigenvalue weighted by atomic mass is 10.2.